The first-order chi connectivity index (χ1) is 6.66. The fourth-order valence-corrected chi connectivity index (χ4v) is 3.28. The van der Waals surface area contributed by atoms with Crippen LogP contribution in [0.3, 0.4) is 0 Å². The van der Waals surface area contributed by atoms with Gasteiger partial charge in [0, 0.05) is 17.9 Å². The molecule has 82 valence electrons. The van der Waals surface area contributed by atoms with E-state index in [9.17, 15) is 4.79 Å². The lowest BCUT2D eigenvalue weighted by molar-refractivity contribution is -0.131. The highest BCUT2D eigenvalue weighted by molar-refractivity contribution is 9.09. The zero-order valence-electron chi connectivity index (χ0n) is 8.83. The van der Waals surface area contributed by atoms with E-state index in [2.05, 4.69) is 29.8 Å². The highest BCUT2D eigenvalue weighted by Crippen LogP contribution is 2.28. The number of halogens is 1. The smallest absolute Gasteiger partial charge is 0.235 e. The Labute approximate surface area is 98.9 Å². The van der Waals surface area contributed by atoms with Gasteiger partial charge in [-0.3, -0.25) is 4.79 Å². The molecular weight excluding hydrogens is 262 g/mol. The lowest BCUT2D eigenvalue weighted by Crippen LogP contribution is -2.42. The van der Waals surface area contributed by atoms with Gasteiger partial charge in [0.05, 0.1) is 5.25 Å². The Morgan fingerprint density at radius 1 is 1.64 bits per heavy atom. The van der Waals surface area contributed by atoms with Gasteiger partial charge < -0.3 is 4.90 Å². The summed E-state index contributed by atoms with van der Waals surface area (Å²) in [5.41, 5.74) is 0. The van der Waals surface area contributed by atoms with Crippen LogP contribution in [0.15, 0.2) is 0 Å². The third-order valence-corrected chi connectivity index (χ3v) is 4.16. The van der Waals surface area contributed by atoms with E-state index in [0.29, 0.717) is 11.9 Å². The zero-order valence-corrected chi connectivity index (χ0v) is 11.2. The SMILES string of the molecule is CC(C)N(CCBr)C(=O)C1CCCS1. The summed E-state index contributed by atoms with van der Waals surface area (Å²) in [4.78, 5) is 14.0. The summed E-state index contributed by atoms with van der Waals surface area (Å²) in [5.74, 6) is 1.48. The first-order valence-corrected chi connectivity index (χ1v) is 7.32. The van der Waals surface area contributed by atoms with E-state index in [1.807, 2.05) is 16.7 Å². The maximum absolute atomic E-state index is 12.1. The molecule has 0 radical (unpaired) electrons. The Morgan fingerprint density at radius 2 is 2.36 bits per heavy atom. The van der Waals surface area contributed by atoms with Crippen LogP contribution in [-0.2, 0) is 4.79 Å². The van der Waals surface area contributed by atoms with Crippen molar-refractivity contribution in [3.8, 4) is 0 Å². The van der Waals surface area contributed by atoms with Crippen molar-refractivity contribution < 1.29 is 4.79 Å². The van der Waals surface area contributed by atoms with Gasteiger partial charge in [-0.25, -0.2) is 0 Å². The molecule has 1 aliphatic rings. The second-order valence-corrected chi connectivity index (χ2v) is 5.92. The van der Waals surface area contributed by atoms with Crippen molar-refractivity contribution in [2.24, 2.45) is 0 Å². The molecule has 1 amide bonds. The molecule has 14 heavy (non-hydrogen) atoms. The molecule has 1 aliphatic heterocycles. The molecule has 0 N–H and O–H groups in total. The number of nitrogens with zero attached hydrogens (tertiary/aromatic N) is 1. The highest BCUT2D eigenvalue weighted by atomic mass is 79.9. The van der Waals surface area contributed by atoms with Crippen molar-refractivity contribution in [3.63, 3.8) is 0 Å². The second-order valence-electron chi connectivity index (χ2n) is 3.82. The molecule has 4 heteroatoms. The lowest BCUT2D eigenvalue weighted by atomic mass is 10.2. The average molecular weight is 280 g/mol. The molecule has 1 atom stereocenters. The number of hydrogen-bond donors (Lipinski definition) is 0. The van der Waals surface area contributed by atoms with Crippen LogP contribution in [0.2, 0.25) is 0 Å². The third-order valence-electron chi connectivity index (χ3n) is 2.44. The Morgan fingerprint density at radius 3 is 2.79 bits per heavy atom. The zero-order chi connectivity index (χ0) is 10.6. The largest absolute Gasteiger partial charge is 0.338 e. The Hall–Kier alpha value is 0.300. The maximum Gasteiger partial charge on any atom is 0.235 e. The number of carbonyl (C=O) groups excluding carboxylic acids is 1. The lowest BCUT2D eigenvalue weighted by Gasteiger charge is -2.28. The Kier molecular flexibility index (Phi) is 5.31. The molecule has 0 bridgehead atoms. The highest BCUT2D eigenvalue weighted by Gasteiger charge is 2.28. The summed E-state index contributed by atoms with van der Waals surface area (Å²) in [6, 6.07) is 0.321. The van der Waals surface area contributed by atoms with Crippen LogP contribution in [0, 0.1) is 0 Å². The Bertz CT molecular complexity index is 193. The van der Waals surface area contributed by atoms with Crippen LogP contribution < -0.4 is 0 Å². The van der Waals surface area contributed by atoms with Crippen LogP contribution in [0.5, 0.6) is 0 Å². The van der Waals surface area contributed by atoms with E-state index >= 15 is 0 Å². The molecule has 1 rings (SSSR count). The van der Waals surface area contributed by atoms with E-state index in [0.717, 1.165) is 24.0 Å². The fraction of sp³-hybridized carbons (Fsp3) is 0.900. The molecule has 0 aromatic rings. The van der Waals surface area contributed by atoms with Crippen LogP contribution in [-0.4, -0.2) is 39.7 Å². The van der Waals surface area contributed by atoms with Crippen molar-refractivity contribution in [2.45, 2.75) is 38.0 Å². The topological polar surface area (TPSA) is 20.3 Å². The minimum absolute atomic E-state index is 0.233. The molecule has 0 aliphatic carbocycles. The van der Waals surface area contributed by atoms with Gasteiger partial charge in [0.2, 0.25) is 5.91 Å². The van der Waals surface area contributed by atoms with Gasteiger partial charge in [0.1, 0.15) is 0 Å². The molecule has 2 nitrogen and oxygen atoms in total. The van der Waals surface area contributed by atoms with Gasteiger partial charge >= 0.3 is 0 Å². The van der Waals surface area contributed by atoms with Crippen LogP contribution >= 0.6 is 27.7 Å². The summed E-state index contributed by atoms with van der Waals surface area (Å²) >= 11 is 5.21. The minimum atomic E-state index is 0.233. The third kappa shape index (κ3) is 3.16. The summed E-state index contributed by atoms with van der Waals surface area (Å²) in [5, 5.41) is 1.10. The number of alkyl halides is 1. The van der Waals surface area contributed by atoms with Gasteiger partial charge in [-0.2, -0.15) is 0 Å². The van der Waals surface area contributed by atoms with Gasteiger partial charge in [-0.1, -0.05) is 15.9 Å². The summed E-state index contributed by atoms with van der Waals surface area (Å²) in [6.45, 7) is 4.99. The van der Waals surface area contributed by atoms with E-state index < -0.39 is 0 Å². The first kappa shape index (κ1) is 12.4. The number of carbonyl (C=O) groups is 1. The van der Waals surface area contributed by atoms with Crippen LogP contribution in [0.25, 0.3) is 0 Å². The molecule has 0 aromatic carbocycles. The number of amides is 1. The van der Waals surface area contributed by atoms with Gasteiger partial charge in [-0.15, -0.1) is 11.8 Å². The van der Waals surface area contributed by atoms with E-state index in [-0.39, 0.29) is 5.25 Å². The van der Waals surface area contributed by atoms with E-state index in [1.165, 1.54) is 6.42 Å². The molecule has 1 heterocycles. The summed E-state index contributed by atoms with van der Waals surface area (Å²) < 4.78 is 0. The first-order valence-electron chi connectivity index (χ1n) is 5.15. The molecular formula is C10H18BrNOS. The fourth-order valence-electron chi connectivity index (χ4n) is 1.67. The van der Waals surface area contributed by atoms with Crippen molar-refractivity contribution in [1.29, 1.82) is 0 Å². The predicted molar refractivity (Wildman–Crippen MR) is 66.1 cm³/mol. The number of hydrogen-bond acceptors (Lipinski definition) is 2. The van der Waals surface area contributed by atoms with E-state index in [4.69, 9.17) is 0 Å². The predicted octanol–water partition coefficient (Wildman–Crippen LogP) is 2.51. The number of rotatable bonds is 4. The molecule has 0 saturated carbocycles. The summed E-state index contributed by atoms with van der Waals surface area (Å²) in [7, 11) is 0. The standard InChI is InChI=1S/C10H18BrNOS/c1-8(2)12(6-5-11)10(13)9-4-3-7-14-9/h8-9H,3-7H2,1-2H3. The molecule has 1 saturated heterocycles. The summed E-state index contributed by atoms with van der Waals surface area (Å²) in [6.07, 6.45) is 2.26. The van der Waals surface area contributed by atoms with Crippen LogP contribution in [0.4, 0.5) is 0 Å². The quantitative estimate of drug-likeness (QED) is 0.737. The van der Waals surface area contributed by atoms with Crippen molar-refractivity contribution in [2.75, 3.05) is 17.6 Å². The molecule has 1 unspecified atom stereocenters. The maximum atomic E-state index is 12.1. The van der Waals surface area contributed by atoms with Gasteiger partial charge in [0.25, 0.3) is 0 Å². The molecule has 1 fully saturated rings. The minimum Gasteiger partial charge on any atom is -0.338 e. The van der Waals surface area contributed by atoms with Crippen LogP contribution in [0.1, 0.15) is 26.7 Å². The van der Waals surface area contributed by atoms with E-state index in [1.54, 1.807) is 0 Å². The van der Waals surface area contributed by atoms with Crippen molar-refractivity contribution >= 4 is 33.6 Å². The average Bonchev–Trinajstić information content (AvgIpc) is 2.65. The molecule has 0 aromatic heterocycles. The Balaban J connectivity index is 2.53. The van der Waals surface area contributed by atoms with Crippen molar-refractivity contribution in [3.05, 3.63) is 0 Å². The normalized spacial score (nSPS) is 21.6. The van der Waals surface area contributed by atoms with Gasteiger partial charge in [0.15, 0.2) is 0 Å². The monoisotopic (exact) mass is 279 g/mol. The van der Waals surface area contributed by atoms with Crippen molar-refractivity contribution in [1.82, 2.24) is 4.90 Å². The number of thioether (sulfide) groups is 1. The second kappa shape index (κ2) is 6.01. The van der Waals surface area contributed by atoms with Gasteiger partial charge in [-0.05, 0) is 32.4 Å². The molecule has 0 spiro atoms.